The fourth-order valence-corrected chi connectivity index (χ4v) is 4.17. The van der Waals surface area contributed by atoms with Crippen molar-refractivity contribution in [3.63, 3.8) is 0 Å². The average Bonchev–Trinajstić information content (AvgIpc) is 2.95. The Hall–Kier alpha value is -2.43. The molecule has 1 spiro atoms. The number of hydrogen-bond acceptors (Lipinski definition) is 5. The molecule has 2 fully saturated rings. The molecule has 0 aromatic heterocycles. The van der Waals surface area contributed by atoms with Gasteiger partial charge in [-0.25, -0.2) is 0 Å². The maximum atomic E-state index is 13.2. The van der Waals surface area contributed by atoms with E-state index in [2.05, 4.69) is 11.4 Å². The van der Waals surface area contributed by atoms with Crippen molar-refractivity contribution >= 4 is 11.8 Å². The maximum absolute atomic E-state index is 13.2. The zero-order valence-electron chi connectivity index (χ0n) is 16.8. The Morgan fingerprint density at radius 3 is 2.71 bits per heavy atom. The van der Waals surface area contributed by atoms with E-state index in [9.17, 15) is 9.59 Å². The summed E-state index contributed by atoms with van der Waals surface area (Å²) in [6.07, 6.45) is 1.35. The van der Waals surface area contributed by atoms with Crippen LogP contribution in [0.25, 0.3) is 0 Å². The van der Waals surface area contributed by atoms with Gasteiger partial charge in [-0.3, -0.25) is 14.9 Å². The number of carbonyl (C=O) groups is 2. The van der Waals surface area contributed by atoms with Crippen molar-refractivity contribution in [2.24, 2.45) is 5.92 Å². The highest BCUT2D eigenvalue weighted by atomic mass is 16.5. The number of likely N-dealkylation sites (tertiary alicyclic amines) is 1. The number of rotatable bonds is 5. The van der Waals surface area contributed by atoms with Crippen molar-refractivity contribution in [1.82, 2.24) is 15.1 Å². The number of methoxy groups -OCH3 is 1. The predicted octanol–water partition coefficient (Wildman–Crippen LogP) is 1.48. The van der Waals surface area contributed by atoms with Crippen LogP contribution in [0, 0.1) is 17.2 Å². The fourth-order valence-electron chi connectivity index (χ4n) is 4.17. The van der Waals surface area contributed by atoms with Gasteiger partial charge in [-0.1, -0.05) is 26.0 Å². The van der Waals surface area contributed by atoms with Crippen molar-refractivity contribution in [2.75, 3.05) is 26.8 Å². The van der Waals surface area contributed by atoms with Crippen LogP contribution in [0.3, 0.4) is 0 Å². The van der Waals surface area contributed by atoms with E-state index in [1.165, 1.54) is 7.11 Å². The second-order valence-corrected chi connectivity index (χ2v) is 7.95. The third kappa shape index (κ3) is 3.89. The van der Waals surface area contributed by atoms with Gasteiger partial charge in [0, 0.05) is 39.6 Å². The number of carbonyl (C=O) groups excluding carboxylic acids is 2. The van der Waals surface area contributed by atoms with Gasteiger partial charge in [-0.15, -0.1) is 0 Å². The summed E-state index contributed by atoms with van der Waals surface area (Å²) in [6.45, 7) is 5.79. The van der Waals surface area contributed by atoms with Crippen molar-refractivity contribution < 1.29 is 14.3 Å². The summed E-state index contributed by atoms with van der Waals surface area (Å²) in [4.78, 5) is 29.1. The fraction of sp³-hybridized carbons (Fsp3) is 0.571. The molecule has 2 amide bonds. The predicted molar refractivity (Wildman–Crippen MR) is 104 cm³/mol. The molecule has 0 radical (unpaired) electrons. The van der Waals surface area contributed by atoms with Gasteiger partial charge in [-0.05, 0) is 23.6 Å². The molecule has 150 valence electrons. The van der Waals surface area contributed by atoms with E-state index in [1.54, 1.807) is 11.0 Å². The molecule has 0 saturated carbocycles. The molecule has 1 unspecified atom stereocenters. The molecule has 1 aromatic carbocycles. The van der Waals surface area contributed by atoms with E-state index in [1.807, 2.05) is 36.9 Å². The van der Waals surface area contributed by atoms with Crippen molar-refractivity contribution in [3.8, 4) is 6.07 Å². The Kier molecular flexibility index (Phi) is 6.01. The molecule has 2 saturated heterocycles. The minimum absolute atomic E-state index is 0.0182. The van der Waals surface area contributed by atoms with Crippen LogP contribution in [0.5, 0.6) is 0 Å². The quantitative estimate of drug-likeness (QED) is 0.831. The number of hydrogen-bond donors (Lipinski definition) is 1. The van der Waals surface area contributed by atoms with Gasteiger partial charge in [0.15, 0.2) is 0 Å². The van der Waals surface area contributed by atoms with Crippen LogP contribution in [-0.2, 0) is 20.9 Å². The largest absolute Gasteiger partial charge is 0.375 e. The lowest BCUT2D eigenvalue weighted by Gasteiger charge is -2.44. The number of nitrogens with zero attached hydrogens (tertiary/aromatic N) is 3. The van der Waals surface area contributed by atoms with E-state index < -0.39 is 5.66 Å². The molecule has 0 aliphatic carbocycles. The molecule has 2 aliphatic heterocycles. The van der Waals surface area contributed by atoms with Crippen molar-refractivity contribution in [1.29, 1.82) is 5.26 Å². The summed E-state index contributed by atoms with van der Waals surface area (Å²) < 4.78 is 4.96. The van der Waals surface area contributed by atoms with E-state index in [0.29, 0.717) is 38.0 Å². The Morgan fingerprint density at radius 1 is 1.39 bits per heavy atom. The van der Waals surface area contributed by atoms with Gasteiger partial charge in [0.1, 0.15) is 6.61 Å². The van der Waals surface area contributed by atoms with Crippen LogP contribution in [0.2, 0.25) is 0 Å². The second kappa shape index (κ2) is 8.29. The summed E-state index contributed by atoms with van der Waals surface area (Å²) in [6, 6.07) is 9.31. The number of piperidine rings is 1. The molecule has 7 nitrogen and oxygen atoms in total. The van der Waals surface area contributed by atoms with Crippen LogP contribution in [0.15, 0.2) is 24.3 Å². The first-order valence-corrected chi connectivity index (χ1v) is 9.75. The lowest BCUT2D eigenvalue weighted by atomic mass is 9.95. The van der Waals surface area contributed by atoms with E-state index >= 15 is 0 Å². The van der Waals surface area contributed by atoms with E-state index in [4.69, 9.17) is 10.00 Å². The monoisotopic (exact) mass is 384 g/mol. The van der Waals surface area contributed by atoms with Crippen LogP contribution in [0.1, 0.15) is 37.8 Å². The molecular weight excluding hydrogens is 356 g/mol. The highest BCUT2D eigenvalue weighted by Crippen LogP contribution is 2.35. The van der Waals surface area contributed by atoms with Crippen LogP contribution < -0.4 is 5.32 Å². The standard InChI is InChI=1S/C21H28N4O3/c1-15(2)19-20(27)25(13-17-6-4-5-16(11-17)12-22)21(23-19)7-9-24(10-8-21)18(26)14-28-3/h4-6,11,15,19,23H,7-10,13-14H2,1-3H3. The Balaban J connectivity index is 1.82. The molecule has 1 N–H and O–H groups in total. The number of amides is 2. The van der Waals surface area contributed by atoms with Crippen LogP contribution >= 0.6 is 0 Å². The van der Waals surface area contributed by atoms with Gasteiger partial charge in [0.25, 0.3) is 0 Å². The molecule has 2 heterocycles. The van der Waals surface area contributed by atoms with Gasteiger partial charge < -0.3 is 14.5 Å². The Morgan fingerprint density at radius 2 is 2.11 bits per heavy atom. The highest BCUT2D eigenvalue weighted by molar-refractivity contribution is 5.85. The second-order valence-electron chi connectivity index (χ2n) is 7.95. The maximum Gasteiger partial charge on any atom is 0.248 e. The normalized spacial score (nSPS) is 21.4. The lowest BCUT2D eigenvalue weighted by Crippen LogP contribution is -2.59. The molecule has 28 heavy (non-hydrogen) atoms. The van der Waals surface area contributed by atoms with Crippen molar-refractivity contribution in [2.45, 2.75) is 44.9 Å². The molecule has 1 atom stereocenters. The van der Waals surface area contributed by atoms with Crippen LogP contribution in [0.4, 0.5) is 0 Å². The zero-order valence-corrected chi connectivity index (χ0v) is 16.8. The molecule has 7 heteroatoms. The number of nitrogens with one attached hydrogen (secondary N) is 1. The lowest BCUT2D eigenvalue weighted by molar-refractivity contribution is -0.140. The first-order chi connectivity index (χ1) is 13.4. The number of nitriles is 1. The Labute approximate surface area is 166 Å². The molecule has 3 rings (SSSR count). The van der Waals surface area contributed by atoms with Gasteiger partial charge in [0.2, 0.25) is 11.8 Å². The molecule has 0 bridgehead atoms. The van der Waals surface area contributed by atoms with Crippen molar-refractivity contribution in [3.05, 3.63) is 35.4 Å². The minimum atomic E-state index is -0.460. The third-order valence-corrected chi connectivity index (χ3v) is 5.75. The first-order valence-electron chi connectivity index (χ1n) is 9.75. The summed E-state index contributed by atoms with van der Waals surface area (Å²) in [5, 5.41) is 12.8. The number of benzene rings is 1. The van der Waals surface area contributed by atoms with Gasteiger partial charge in [0.05, 0.1) is 23.3 Å². The summed E-state index contributed by atoms with van der Waals surface area (Å²) >= 11 is 0. The smallest absolute Gasteiger partial charge is 0.248 e. The van der Waals surface area contributed by atoms with Gasteiger partial charge in [-0.2, -0.15) is 5.26 Å². The highest BCUT2D eigenvalue weighted by Gasteiger charge is 2.52. The summed E-state index contributed by atoms with van der Waals surface area (Å²) in [7, 11) is 1.52. The first kappa shape index (κ1) is 20.3. The van der Waals surface area contributed by atoms with Gasteiger partial charge >= 0.3 is 0 Å². The third-order valence-electron chi connectivity index (χ3n) is 5.75. The average molecular weight is 384 g/mol. The van der Waals surface area contributed by atoms with Crippen LogP contribution in [-0.4, -0.2) is 60.1 Å². The minimum Gasteiger partial charge on any atom is -0.375 e. The Bertz CT molecular complexity index is 778. The SMILES string of the molecule is COCC(=O)N1CCC2(CC1)NC(C(C)C)C(=O)N2Cc1cccc(C#N)c1. The molecule has 2 aliphatic rings. The summed E-state index contributed by atoms with van der Waals surface area (Å²) in [5.74, 6) is 0.248. The number of ether oxygens (including phenoxy) is 1. The summed E-state index contributed by atoms with van der Waals surface area (Å²) in [5.41, 5.74) is 1.07. The molecular formula is C21H28N4O3. The topological polar surface area (TPSA) is 85.7 Å². The molecule has 1 aromatic rings. The van der Waals surface area contributed by atoms with E-state index in [0.717, 1.165) is 5.56 Å². The zero-order chi connectivity index (χ0) is 20.3. The van der Waals surface area contributed by atoms with E-state index in [-0.39, 0.29) is 30.4 Å².